The van der Waals surface area contributed by atoms with Crippen LogP contribution in [0.1, 0.15) is 17.2 Å². The molecule has 0 bridgehead atoms. The Morgan fingerprint density at radius 1 is 1.25 bits per heavy atom. The minimum Gasteiger partial charge on any atom is -0.426 e. The highest BCUT2D eigenvalue weighted by molar-refractivity contribution is 5.83. The Morgan fingerprint density at radius 2 is 2.08 bits per heavy atom. The van der Waals surface area contributed by atoms with Crippen molar-refractivity contribution in [1.82, 2.24) is 10.3 Å². The van der Waals surface area contributed by atoms with E-state index in [0.29, 0.717) is 17.0 Å². The predicted molar refractivity (Wildman–Crippen MR) is 87.8 cm³/mol. The van der Waals surface area contributed by atoms with Gasteiger partial charge in [0.15, 0.2) is 0 Å². The molecule has 2 aromatic rings. The number of ether oxygens (including phenoxy) is 1. The Morgan fingerprint density at radius 3 is 2.83 bits per heavy atom. The van der Waals surface area contributed by atoms with Gasteiger partial charge in [-0.3, -0.25) is 9.78 Å². The first kappa shape index (κ1) is 15.1. The van der Waals surface area contributed by atoms with Crippen LogP contribution in [0, 0.1) is 5.82 Å². The Labute approximate surface area is 139 Å². The molecule has 4 rings (SSSR count). The molecule has 0 amide bonds. The molecule has 1 aromatic heterocycles. The Bertz CT molecular complexity index is 760. The van der Waals surface area contributed by atoms with Gasteiger partial charge in [0, 0.05) is 49.7 Å². The number of nitrogens with zero attached hydrogens (tertiary/aromatic N) is 2. The highest BCUT2D eigenvalue weighted by Crippen LogP contribution is 2.37. The van der Waals surface area contributed by atoms with Crippen LogP contribution in [0.25, 0.3) is 0 Å². The van der Waals surface area contributed by atoms with Crippen LogP contribution in [0.3, 0.4) is 0 Å². The second kappa shape index (κ2) is 6.20. The van der Waals surface area contributed by atoms with Crippen molar-refractivity contribution in [3.63, 3.8) is 0 Å². The van der Waals surface area contributed by atoms with Gasteiger partial charge >= 0.3 is 5.97 Å². The number of halogens is 1. The minimum atomic E-state index is -0.557. The zero-order valence-corrected chi connectivity index (χ0v) is 13.2. The largest absolute Gasteiger partial charge is 0.426 e. The summed E-state index contributed by atoms with van der Waals surface area (Å²) in [7, 11) is 0. The predicted octanol–water partition coefficient (Wildman–Crippen LogP) is 1.88. The van der Waals surface area contributed by atoms with Crippen molar-refractivity contribution in [2.75, 3.05) is 31.1 Å². The van der Waals surface area contributed by atoms with E-state index >= 15 is 0 Å². The molecule has 1 saturated heterocycles. The van der Waals surface area contributed by atoms with E-state index in [1.165, 1.54) is 0 Å². The topological polar surface area (TPSA) is 54.5 Å². The lowest BCUT2D eigenvalue weighted by Crippen LogP contribution is -2.43. The summed E-state index contributed by atoms with van der Waals surface area (Å²) >= 11 is 0. The van der Waals surface area contributed by atoms with E-state index in [2.05, 4.69) is 15.2 Å². The van der Waals surface area contributed by atoms with Crippen LogP contribution in [0.15, 0.2) is 36.5 Å². The van der Waals surface area contributed by atoms with Crippen LogP contribution < -0.4 is 15.0 Å². The fourth-order valence-electron chi connectivity index (χ4n) is 3.27. The van der Waals surface area contributed by atoms with Crippen molar-refractivity contribution in [2.24, 2.45) is 0 Å². The summed E-state index contributed by atoms with van der Waals surface area (Å²) < 4.78 is 20.1. The van der Waals surface area contributed by atoms with Gasteiger partial charge in [0.05, 0.1) is 5.69 Å². The summed E-state index contributed by atoms with van der Waals surface area (Å²) in [5.41, 5.74) is 1.82. The average molecular weight is 327 g/mol. The van der Waals surface area contributed by atoms with Crippen LogP contribution in [0.5, 0.6) is 5.75 Å². The van der Waals surface area contributed by atoms with Gasteiger partial charge in [-0.2, -0.15) is 0 Å². The number of pyridine rings is 1. The maximum absolute atomic E-state index is 14.6. The highest BCUT2D eigenvalue weighted by atomic mass is 19.1. The standard InChI is InChI=1S/C18H18FN3O2/c19-15-9-12(22-7-5-20-6-8-22)10-17-13(15)11-14(18(23)24-17)16-3-1-2-4-21-16/h1-4,9-10,14,20H,5-8,11H2. The molecule has 2 aliphatic rings. The maximum atomic E-state index is 14.6. The number of carbonyl (C=O) groups excluding carboxylic acids is 1. The van der Waals surface area contributed by atoms with Gasteiger partial charge in [0.2, 0.25) is 0 Å². The number of carbonyl (C=O) groups is 1. The number of hydrogen-bond acceptors (Lipinski definition) is 5. The number of rotatable bonds is 2. The molecule has 24 heavy (non-hydrogen) atoms. The van der Waals surface area contributed by atoms with E-state index < -0.39 is 5.92 Å². The van der Waals surface area contributed by atoms with E-state index in [4.69, 9.17) is 4.74 Å². The quantitative estimate of drug-likeness (QED) is 0.674. The minimum absolute atomic E-state index is 0.277. The zero-order chi connectivity index (χ0) is 16.5. The number of nitrogens with one attached hydrogen (secondary N) is 1. The number of anilines is 1. The molecule has 124 valence electrons. The summed E-state index contributed by atoms with van der Waals surface area (Å²) in [5, 5.41) is 3.26. The van der Waals surface area contributed by atoms with Gasteiger partial charge in [-0.1, -0.05) is 6.07 Å². The van der Waals surface area contributed by atoms with Crippen LogP contribution in [0.2, 0.25) is 0 Å². The molecular formula is C18H18FN3O2. The molecule has 0 radical (unpaired) electrons. The van der Waals surface area contributed by atoms with Gasteiger partial charge in [-0.05, 0) is 24.6 Å². The van der Waals surface area contributed by atoms with E-state index in [1.807, 2.05) is 6.07 Å². The molecule has 2 aliphatic heterocycles. The Hall–Kier alpha value is -2.47. The van der Waals surface area contributed by atoms with E-state index in [1.54, 1.807) is 30.5 Å². The van der Waals surface area contributed by atoms with Gasteiger partial charge in [0.1, 0.15) is 17.5 Å². The normalized spacial score (nSPS) is 20.5. The average Bonchev–Trinajstić information content (AvgIpc) is 2.62. The van der Waals surface area contributed by atoms with E-state index in [9.17, 15) is 9.18 Å². The number of hydrogen-bond donors (Lipinski definition) is 1. The van der Waals surface area contributed by atoms with Crippen molar-refractivity contribution < 1.29 is 13.9 Å². The third-order valence-corrected chi connectivity index (χ3v) is 4.57. The summed E-state index contributed by atoms with van der Waals surface area (Å²) in [6, 6.07) is 8.68. The first-order chi connectivity index (χ1) is 11.7. The second-order valence-electron chi connectivity index (χ2n) is 6.07. The van der Waals surface area contributed by atoms with E-state index in [-0.39, 0.29) is 18.2 Å². The molecule has 0 saturated carbocycles. The summed E-state index contributed by atoms with van der Waals surface area (Å²) in [4.78, 5) is 18.7. The fourth-order valence-corrected chi connectivity index (χ4v) is 3.27. The van der Waals surface area contributed by atoms with E-state index in [0.717, 1.165) is 31.9 Å². The summed E-state index contributed by atoms with van der Waals surface area (Å²) in [5.74, 6) is -0.925. The lowest BCUT2D eigenvalue weighted by molar-refractivity contribution is -0.137. The number of fused-ring (bicyclic) bond motifs is 1. The number of aromatic nitrogens is 1. The van der Waals surface area contributed by atoms with Crippen LogP contribution in [-0.2, 0) is 11.2 Å². The molecule has 5 nitrogen and oxygen atoms in total. The Balaban J connectivity index is 1.66. The molecule has 1 N–H and O–H groups in total. The van der Waals surface area contributed by atoms with Gasteiger partial charge in [-0.15, -0.1) is 0 Å². The van der Waals surface area contributed by atoms with Gasteiger partial charge < -0.3 is 15.0 Å². The fraction of sp³-hybridized carbons (Fsp3) is 0.333. The monoisotopic (exact) mass is 327 g/mol. The highest BCUT2D eigenvalue weighted by Gasteiger charge is 2.33. The maximum Gasteiger partial charge on any atom is 0.320 e. The summed E-state index contributed by atoms with van der Waals surface area (Å²) in [6.07, 6.45) is 1.90. The summed E-state index contributed by atoms with van der Waals surface area (Å²) in [6.45, 7) is 3.34. The van der Waals surface area contributed by atoms with Crippen molar-refractivity contribution >= 4 is 11.7 Å². The third kappa shape index (κ3) is 2.73. The van der Waals surface area contributed by atoms with Crippen LogP contribution in [0.4, 0.5) is 10.1 Å². The first-order valence-corrected chi connectivity index (χ1v) is 8.13. The molecule has 0 spiro atoms. The van der Waals surface area contributed by atoms with Crippen LogP contribution >= 0.6 is 0 Å². The molecule has 1 aromatic carbocycles. The van der Waals surface area contributed by atoms with Crippen molar-refractivity contribution in [3.8, 4) is 5.75 Å². The molecule has 3 heterocycles. The smallest absolute Gasteiger partial charge is 0.320 e. The third-order valence-electron chi connectivity index (χ3n) is 4.57. The molecular weight excluding hydrogens is 309 g/mol. The Kier molecular flexibility index (Phi) is 3.90. The lowest BCUT2D eigenvalue weighted by Gasteiger charge is -2.31. The van der Waals surface area contributed by atoms with Crippen molar-refractivity contribution in [3.05, 3.63) is 53.6 Å². The lowest BCUT2D eigenvalue weighted by atomic mass is 9.92. The zero-order valence-electron chi connectivity index (χ0n) is 13.2. The van der Waals surface area contributed by atoms with Crippen molar-refractivity contribution in [1.29, 1.82) is 0 Å². The first-order valence-electron chi connectivity index (χ1n) is 8.13. The molecule has 1 fully saturated rings. The van der Waals surface area contributed by atoms with Crippen LogP contribution in [-0.4, -0.2) is 37.1 Å². The second-order valence-corrected chi connectivity index (χ2v) is 6.07. The number of esters is 1. The number of benzene rings is 1. The molecule has 6 heteroatoms. The SMILES string of the molecule is O=C1Oc2cc(N3CCNCC3)cc(F)c2CC1c1ccccn1. The van der Waals surface area contributed by atoms with Gasteiger partial charge in [0.25, 0.3) is 0 Å². The molecule has 1 unspecified atom stereocenters. The molecule has 0 aliphatic carbocycles. The number of piperazine rings is 1. The molecule has 1 atom stereocenters. The van der Waals surface area contributed by atoms with Gasteiger partial charge in [-0.25, -0.2) is 4.39 Å². The van der Waals surface area contributed by atoms with Crippen molar-refractivity contribution in [2.45, 2.75) is 12.3 Å².